The van der Waals surface area contributed by atoms with Gasteiger partial charge in [-0.05, 0) is 0 Å². The third-order valence-electron chi connectivity index (χ3n) is 0.354. The Hall–Kier alpha value is 1.38. The smallest absolute Gasteiger partial charge is 0.0533 e. The summed E-state index contributed by atoms with van der Waals surface area (Å²) in [6.07, 6.45) is 4.50. The molecule has 0 aromatic rings. The molecule has 50 valence electrons. The van der Waals surface area contributed by atoms with Crippen molar-refractivity contribution in [3.05, 3.63) is 0 Å². The second-order valence-corrected chi connectivity index (χ2v) is 1.06. The highest BCUT2D eigenvalue weighted by Crippen LogP contribution is 2.14. The van der Waals surface area contributed by atoms with Crippen molar-refractivity contribution < 1.29 is 0 Å². The minimum absolute atomic E-state index is 0. The van der Waals surface area contributed by atoms with Gasteiger partial charge in [-0.25, -0.2) is 0 Å². The van der Waals surface area contributed by atoms with Crippen LogP contribution in [0, 0.1) is 0 Å². The van der Waals surface area contributed by atoms with Gasteiger partial charge in [0.1, 0.15) is 0 Å². The molecule has 2 nitrogen and oxygen atoms in total. The van der Waals surface area contributed by atoms with Crippen molar-refractivity contribution in [2.75, 3.05) is 0 Å². The predicted molar refractivity (Wildman–Crippen MR) is 54.7 cm³/mol. The largest absolute Gasteiger partial charge is 0.344 e. The molecule has 1 saturated carbocycles. The standard InChI is InChI=1S/C3H6.2HI.2H3N/c1-2-3-1;;;;/h1-3H2;2*1H;2*1H3. The first-order valence-corrected chi connectivity index (χ1v) is 1.50. The van der Waals surface area contributed by atoms with E-state index in [-0.39, 0.29) is 60.3 Å². The third-order valence-corrected chi connectivity index (χ3v) is 0.354. The van der Waals surface area contributed by atoms with Crippen LogP contribution >= 0.6 is 48.0 Å². The fourth-order valence-electron chi connectivity index (χ4n) is 0. The molecule has 0 atom stereocenters. The molecule has 0 heterocycles. The summed E-state index contributed by atoms with van der Waals surface area (Å²) < 4.78 is 0. The van der Waals surface area contributed by atoms with E-state index in [2.05, 4.69) is 0 Å². The summed E-state index contributed by atoms with van der Waals surface area (Å²) in [6, 6.07) is 0. The first kappa shape index (κ1) is 23.8. The molecule has 1 aliphatic rings. The fourth-order valence-corrected chi connectivity index (χ4v) is 0. The van der Waals surface area contributed by atoms with E-state index in [0.717, 1.165) is 0 Å². The Balaban J connectivity index is -0.0000000112. The molecule has 4 heteroatoms. The second-order valence-electron chi connectivity index (χ2n) is 1.06. The monoisotopic (exact) mass is 332 g/mol. The quantitative estimate of drug-likeness (QED) is 0.670. The topological polar surface area (TPSA) is 70.0 Å². The molecule has 0 aliphatic heterocycles. The van der Waals surface area contributed by atoms with Crippen molar-refractivity contribution in [1.29, 1.82) is 0 Å². The van der Waals surface area contributed by atoms with Crippen LogP contribution in [0.5, 0.6) is 0 Å². The van der Waals surface area contributed by atoms with Crippen LogP contribution in [-0.4, -0.2) is 0 Å². The maximum absolute atomic E-state index is 1.50. The molecule has 0 aromatic heterocycles. The Morgan fingerprint density at radius 3 is 0.714 bits per heavy atom. The number of hydrogen-bond acceptors (Lipinski definition) is 2. The van der Waals surface area contributed by atoms with Crippen molar-refractivity contribution in [1.82, 2.24) is 12.3 Å². The molecule has 0 amide bonds. The molecule has 1 aliphatic carbocycles. The van der Waals surface area contributed by atoms with Crippen LogP contribution in [0.3, 0.4) is 0 Å². The highest BCUT2D eigenvalue weighted by molar-refractivity contribution is 14.0. The van der Waals surface area contributed by atoms with E-state index < -0.39 is 0 Å². The first-order chi connectivity index (χ1) is 1.50. The van der Waals surface area contributed by atoms with E-state index in [1.807, 2.05) is 0 Å². The molecule has 0 aromatic carbocycles. The second kappa shape index (κ2) is 15.7. The van der Waals surface area contributed by atoms with Gasteiger partial charge in [0.15, 0.2) is 0 Å². The summed E-state index contributed by atoms with van der Waals surface area (Å²) in [5, 5.41) is 0. The maximum Gasteiger partial charge on any atom is -0.0533 e. The van der Waals surface area contributed by atoms with E-state index in [9.17, 15) is 0 Å². The van der Waals surface area contributed by atoms with Crippen molar-refractivity contribution in [2.24, 2.45) is 0 Å². The van der Waals surface area contributed by atoms with Crippen molar-refractivity contribution in [2.45, 2.75) is 19.3 Å². The summed E-state index contributed by atoms with van der Waals surface area (Å²) in [6.45, 7) is 0. The van der Waals surface area contributed by atoms with E-state index in [1.165, 1.54) is 19.3 Å². The van der Waals surface area contributed by atoms with E-state index >= 15 is 0 Å². The van der Waals surface area contributed by atoms with E-state index in [0.29, 0.717) is 0 Å². The summed E-state index contributed by atoms with van der Waals surface area (Å²) in [4.78, 5) is 0. The van der Waals surface area contributed by atoms with Gasteiger partial charge in [0.05, 0.1) is 0 Å². The lowest BCUT2D eigenvalue weighted by Crippen LogP contribution is -0.856. The van der Waals surface area contributed by atoms with Gasteiger partial charge in [-0.3, -0.25) is 0 Å². The summed E-state index contributed by atoms with van der Waals surface area (Å²) in [5.41, 5.74) is 0. The summed E-state index contributed by atoms with van der Waals surface area (Å²) in [7, 11) is 0. The van der Waals surface area contributed by atoms with Crippen LogP contribution in [0.25, 0.3) is 0 Å². The highest BCUT2D eigenvalue weighted by Gasteiger charge is 1.95. The Morgan fingerprint density at radius 1 is 0.571 bits per heavy atom. The third kappa shape index (κ3) is 37.7. The van der Waals surface area contributed by atoms with E-state index in [1.54, 1.807) is 0 Å². The minimum atomic E-state index is 0. The number of rotatable bonds is 0. The van der Waals surface area contributed by atoms with Crippen LogP contribution in [0.2, 0.25) is 0 Å². The van der Waals surface area contributed by atoms with Crippen molar-refractivity contribution >= 4 is 48.0 Å². The average molecular weight is 332 g/mol. The molecule has 1 rings (SSSR count). The lowest BCUT2D eigenvalue weighted by atomic mass is 11.0. The van der Waals surface area contributed by atoms with Crippen LogP contribution in [0.1, 0.15) is 19.3 Å². The van der Waals surface area contributed by atoms with E-state index in [4.69, 9.17) is 0 Å². The van der Waals surface area contributed by atoms with Gasteiger partial charge in [-0.1, -0.05) is 19.3 Å². The molecule has 0 bridgehead atoms. The molecule has 6 N–H and O–H groups in total. The van der Waals surface area contributed by atoms with Gasteiger partial charge in [0.25, 0.3) is 0 Å². The molecule has 0 unspecified atom stereocenters. The molecule has 0 spiro atoms. The lowest BCUT2D eigenvalue weighted by Gasteiger charge is -1.05. The van der Waals surface area contributed by atoms with Gasteiger partial charge in [-0.15, -0.1) is 48.0 Å². The Morgan fingerprint density at radius 2 is 0.714 bits per heavy atom. The van der Waals surface area contributed by atoms with Crippen LogP contribution in [0.15, 0.2) is 0 Å². The lowest BCUT2D eigenvalue weighted by molar-refractivity contribution is 1.50. The van der Waals surface area contributed by atoms with Crippen LogP contribution < -0.4 is 12.3 Å². The maximum atomic E-state index is 1.50. The zero-order chi connectivity index (χ0) is 2.12. The number of hydrogen-bond donors (Lipinski definition) is 2. The predicted octanol–water partition coefficient (Wildman–Crippen LogP) is 2.73. The van der Waals surface area contributed by atoms with Crippen LogP contribution in [0.4, 0.5) is 0 Å². The molecular weight excluding hydrogens is 318 g/mol. The average Bonchev–Trinajstić information content (AvgIpc) is 1.46. The molecule has 7 heavy (non-hydrogen) atoms. The molecule has 0 radical (unpaired) electrons. The summed E-state index contributed by atoms with van der Waals surface area (Å²) in [5.74, 6) is 0. The molecule has 1 fully saturated rings. The normalized spacial score (nSPS) is 10.3. The summed E-state index contributed by atoms with van der Waals surface area (Å²) >= 11 is 0. The van der Waals surface area contributed by atoms with Crippen molar-refractivity contribution in [3.63, 3.8) is 0 Å². The van der Waals surface area contributed by atoms with Gasteiger partial charge >= 0.3 is 0 Å². The minimum Gasteiger partial charge on any atom is -0.344 e. The first-order valence-electron chi connectivity index (χ1n) is 1.50. The fraction of sp³-hybridized carbons (Fsp3) is 1.00. The number of halogens is 2. The highest BCUT2D eigenvalue weighted by atomic mass is 127. The van der Waals surface area contributed by atoms with Gasteiger partial charge in [0.2, 0.25) is 0 Å². The Bertz CT molecular complexity index is 15.7. The zero-order valence-electron chi connectivity index (χ0n) is 4.35. The van der Waals surface area contributed by atoms with Gasteiger partial charge in [-0.2, -0.15) is 0 Å². The zero-order valence-corrected chi connectivity index (χ0v) is 9.01. The SMILES string of the molecule is C1CC1.I.I.N.N. The van der Waals surface area contributed by atoms with Crippen molar-refractivity contribution in [3.8, 4) is 0 Å². The molecular formula is C3H14I2N2. The van der Waals surface area contributed by atoms with Gasteiger partial charge < -0.3 is 12.3 Å². The Kier molecular flexibility index (Phi) is 53.2. The van der Waals surface area contributed by atoms with Crippen LogP contribution in [-0.2, 0) is 0 Å². The Labute approximate surface area is 79.0 Å². The molecule has 0 saturated heterocycles. The van der Waals surface area contributed by atoms with Gasteiger partial charge in [0, 0.05) is 0 Å².